The van der Waals surface area contributed by atoms with Crippen molar-refractivity contribution in [3.8, 4) is 0 Å². The van der Waals surface area contributed by atoms with Crippen LogP contribution < -0.4 is 5.32 Å². The Labute approximate surface area is 120 Å². The van der Waals surface area contributed by atoms with Crippen LogP contribution in [-0.2, 0) is 4.79 Å². The molecule has 0 radical (unpaired) electrons. The van der Waals surface area contributed by atoms with Gasteiger partial charge in [-0.3, -0.25) is 9.48 Å². The Bertz CT molecular complexity index is 470. The minimum absolute atomic E-state index is 0.0125. The van der Waals surface area contributed by atoms with Crippen LogP contribution in [0.5, 0.6) is 0 Å². The Balaban J connectivity index is 2.02. The fourth-order valence-electron chi connectivity index (χ4n) is 3.07. The largest absolute Gasteiger partial charge is 0.396 e. The number of aromatic nitrogens is 2. The molecule has 2 N–H and O–H groups in total. The number of amides is 1. The molecule has 0 aliphatic heterocycles. The molecule has 5 nitrogen and oxygen atoms in total. The number of carbonyl (C=O) groups excluding carboxylic acids is 1. The van der Waals surface area contributed by atoms with Crippen molar-refractivity contribution < 1.29 is 9.90 Å². The molecule has 2 rings (SSSR count). The first-order chi connectivity index (χ1) is 9.52. The summed E-state index contributed by atoms with van der Waals surface area (Å²) in [5.74, 6) is 0.182. The summed E-state index contributed by atoms with van der Waals surface area (Å²) < 4.78 is 1.77. The summed E-state index contributed by atoms with van der Waals surface area (Å²) >= 11 is 0. The molecular formula is C15H25N3O2. The third kappa shape index (κ3) is 3.20. The van der Waals surface area contributed by atoms with Gasteiger partial charge in [-0.05, 0) is 39.7 Å². The number of aliphatic hydroxyl groups excluding tert-OH is 1. The molecule has 1 aromatic rings. The van der Waals surface area contributed by atoms with E-state index in [1.165, 1.54) is 0 Å². The Morgan fingerprint density at radius 3 is 2.80 bits per heavy atom. The molecule has 20 heavy (non-hydrogen) atoms. The molecule has 3 unspecified atom stereocenters. The van der Waals surface area contributed by atoms with E-state index in [-0.39, 0.29) is 30.5 Å². The first kappa shape index (κ1) is 15.0. The SMILES string of the molecule is Cc1cc(C)n(C(C)C(=O)NC2CCCCC2CO)n1. The fraction of sp³-hybridized carbons (Fsp3) is 0.733. The lowest BCUT2D eigenvalue weighted by Crippen LogP contribution is -2.45. The van der Waals surface area contributed by atoms with Crippen LogP contribution in [0, 0.1) is 19.8 Å². The van der Waals surface area contributed by atoms with Gasteiger partial charge in [0.05, 0.1) is 5.69 Å². The predicted molar refractivity (Wildman–Crippen MR) is 77.4 cm³/mol. The fourth-order valence-corrected chi connectivity index (χ4v) is 3.07. The molecule has 3 atom stereocenters. The average molecular weight is 279 g/mol. The lowest BCUT2D eigenvalue weighted by Gasteiger charge is -2.31. The summed E-state index contributed by atoms with van der Waals surface area (Å²) in [7, 11) is 0. The topological polar surface area (TPSA) is 67.2 Å². The monoisotopic (exact) mass is 279 g/mol. The summed E-state index contributed by atoms with van der Waals surface area (Å²) in [4.78, 5) is 12.4. The highest BCUT2D eigenvalue weighted by Crippen LogP contribution is 2.24. The number of aliphatic hydroxyl groups is 1. The summed E-state index contributed by atoms with van der Waals surface area (Å²) in [5, 5.41) is 16.9. The summed E-state index contributed by atoms with van der Waals surface area (Å²) in [6, 6.07) is 1.76. The van der Waals surface area contributed by atoms with E-state index < -0.39 is 0 Å². The molecule has 0 aromatic carbocycles. The van der Waals surface area contributed by atoms with Crippen molar-refractivity contribution in [3.63, 3.8) is 0 Å². The van der Waals surface area contributed by atoms with Gasteiger partial charge in [0.15, 0.2) is 0 Å². The zero-order chi connectivity index (χ0) is 14.7. The first-order valence-corrected chi connectivity index (χ1v) is 7.47. The number of hydrogen-bond acceptors (Lipinski definition) is 3. The minimum atomic E-state index is -0.315. The minimum Gasteiger partial charge on any atom is -0.396 e. The second-order valence-corrected chi connectivity index (χ2v) is 5.89. The van der Waals surface area contributed by atoms with Gasteiger partial charge in [0, 0.05) is 24.3 Å². The molecule has 1 aromatic heterocycles. The van der Waals surface area contributed by atoms with Gasteiger partial charge in [-0.1, -0.05) is 12.8 Å². The van der Waals surface area contributed by atoms with Crippen LogP contribution in [0.4, 0.5) is 0 Å². The lowest BCUT2D eigenvalue weighted by molar-refractivity contribution is -0.125. The molecule has 1 heterocycles. The molecule has 1 amide bonds. The molecular weight excluding hydrogens is 254 g/mol. The predicted octanol–water partition coefficient (Wildman–Crippen LogP) is 1.73. The number of nitrogens with one attached hydrogen (secondary N) is 1. The lowest BCUT2D eigenvalue weighted by atomic mass is 9.85. The molecule has 0 saturated heterocycles. The van der Waals surface area contributed by atoms with Gasteiger partial charge in [-0.2, -0.15) is 5.10 Å². The van der Waals surface area contributed by atoms with E-state index >= 15 is 0 Å². The maximum absolute atomic E-state index is 12.4. The Morgan fingerprint density at radius 1 is 1.50 bits per heavy atom. The molecule has 0 bridgehead atoms. The van der Waals surface area contributed by atoms with Gasteiger partial charge in [0.1, 0.15) is 6.04 Å². The Kier molecular flexibility index (Phi) is 4.81. The second-order valence-electron chi connectivity index (χ2n) is 5.89. The van der Waals surface area contributed by atoms with Gasteiger partial charge >= 0.3 is 0 Å². The third-order valence-electron chi connectivity index (χ3n) is 4.26. The molecule has 1 fully saturated rings. The van der Waals surface area contributed by atoms with E-state index in [9.17, 15) is 9.90 Å². The number of carbonyl (C=O) groups is 1. The van der Waals surface area contributed by atoms with Gasteiger partial charge in [-0.25, -0.2) is 0 Å². The van der Waals surface area contributed by atoms with Crippen molar-refractivity contribution >= 4 is 5.91 Å². The van der Waals surface area contributed by atoms with Crippen molar-refractivity contribution in [2.24, 2.45) is 5.92 Å². The highest BCUT2D eigenvalue weighted by Gasteiger charge is 2.28. The molecule has 1 aliphatic carbocycles. The van der Waals surface area contributed by atoms with E-state index in [2.05, 4.69) is 10.4 Å². The molecule has 1 aliphatic rings. The van der Waals surface area contributed by atoms with Crippen LogP contribution in [0.1, 0.15) is 50.0 Å². The molecule has 0 spiro atoms. The van der Waals surface area contributed by atoms with Crippen molar-refractivity contribution in [3.05, 3.63) is 17.5 Å². The maximum Gasteiger partial charge on any atom is 0.244 e. The number of rotatable bonds is 4. The first-order valence-electron chi connectivity index (χ1n) is 7.47. The smallest absolute Gasteiger partial charge is 0.244 e. The van der Waals surface area contributed by atoms with Crippen LogP contribution in [0.25, 0.3) is 0 Å². The quantitative estimate of drug-likeness (QED) is 0.882. The van der Waals surface area contributed by atoms with Crippen LogP contribution in [0.3, 0.4) is 0 Å². The van der Waals surface area contributed by atoms with Crippen molar-refractivity contribution in [1.29, 1.82) is 0 Å². The zero-order valence-corrected chi connectivity index (χ0v) is 12.6. The number of aryl methyl sites for hydroxylation is 2. The molecule has 1 saturated carbocycles. The van der Waals surface area contributed by atoms with Gasteiger partial charge in [-0.15, -0.1) is 0 Å². The van der Waals surface area contributed by atoms with Crippen molar-refractivity contribution in [1.82, 2.24) is 15.1 Å². The number of nitrogens with zero attached hydrogens (tertiary/aromatic N) is 2. The number of hydrogen-bond donors (Lipinski definition) is 2. The maximum atomic E-state index is 12.4. The summed E-state index contributed by atoms with van der Waals surface area (Å²) in [6.07, 6.45) is 4.22. The van der Waals surface area contributed by atoms with E-state index in [0.717, 1.165) is 37.1 Å². The Hall–Kier alpha value is -1.36. The standard InChI is InChI=1S/C15H25N3O2/c1-10-8-11(2)18(17-10)12(3)15(20)16-14-7-5-4-6-13(14)9-19/h8,12-14,19H,4-7,9H2,1-3H3,(H,16,20). The average Bonchev–Trinajstić information content (AvgIpc) is 2.77. The normalized spacial score (nSPS) is 24.4. The zero-order valence-electron chi connectivity index (χ0n) is 12.6. The van der Waals surface area contributed by atoms with Crippen molar-refractivity contribution in [2.75, 3.05) is 6.61 Å². The van der Waals surface area contributed by atoms with Gasteiger partial charge in [0.2, 0.25) is 5.91 Å². The van der Waals surface area contributed by atoms with Crippen LogP contribution in [0.2, 0.25) is 0 Å². The second kappa shape index (κ2) is 6.39. The van der Waals surface area contributed by atoms with Crippen molar-refractivity contribution in [2.45, 2.75) is 58.5 Å². The highest BCUT2D eigenvalue weighted by molar-refractivity contribution is 5.80. The highest BCUT2D eigenvalue weighted by atomic mass is 16.3. The molecule has 5 heteroatoms. The van der Waals surface area contributed by atoms with Crippen LogP contribution in [-0.4, -0.2) is 33.4 Å². The van der Waals surface area contributed by atoms with E-state index in [1.807, 2.05) is 26.8 Å². The summed E-state index contributed by atoms with van der Waals surface area (Å²) in [5.41, 5.74) is 1.92. The third-order valence-corrected chi connectivity index (χ3v) is 4.26. The van der Waals surface area contributed by atoms with Gasteiger partial charge < -0.3 is 10.4 Å². The Morgan fingerprint density at radius 2 is 2.20 bits per heavy atom. The van der Waals surface area contributed by atoms with E-state index in [0.29, 0.717) is 0 Å². The summed E-state index contributed by atoms with van der Waals surface area (Å²) in [6.45, 7) is 5.91. The molecule has 112 valence electrons. The van der Waals surface area contributed by atoms with Crippen LogP contribution >= 0.6 is 0 Å². The van der Waals surface area contributed by atoms with Gasteiger partial charge in [0.25, 0.3) is 0 Å². The van der Waals surface area contributed by atoms with Crippen LogP contribution in [0.15, 0.2) is 6.07 Å². The van der Waals surface area contributed by atoms with E-state index in [4.69, 9.17) is 0 Å². The van der Waals surface area contributed by atoms with E-state index in [1.54, 1.807) is 4.68 Å².